The zero-order valence-corrected chi connectivity index (χ0v) is 8.60. The average molecular weight is 222 g/mol. The van der Waals surface area contributed by atoms with Crippen LogP contribution in [0.3, 0.4) is 0 Å². The van der Waals surface area contributed by atoms with Crippen LogP contribution in [-0.2, 0) is 9.68 Å². The maximum absolute atomic E-state index is 11.0. The van der Waals surface area contributed by atoms with Gasteiger partial charge in [0.25, 0.3) is 0 Å². The normalized spacial score (nSPS) is 9.31. The van der Waals surface area contributed by atoms with Crippen LogP contribution in [0.15, 0.2) is 36.4 Å². The first-order valence-corrected chi connectivity index (χ1v) is 4.38. The largest absolute Gasteiger partial charge is 0.478 e. The van der Waals surface area contributed by atoms with E-state index < -0.39 is 11.9 Å². The second-order valence-electron chi connectivity index (χ2n) is 3.06. The Morgan fingerprint density at radius 1 is 1.25 bits per heavy atom. The number of carboxylic acids is 1. The van der Waals surface area contributed by atoms with Crippen LogP contribution in [-0.4, -0.2) is 17.0 Å². The molecule has 0 saturated heterocycles. The molecule has 0 aliphatic rings. The van der Waals surface area contributed by atoms with Crippen LogP contribution in [0, 0.1) is 0 Å². The van der Waals surface area contributed by atoms with E-state index in [4.69, 9.17) is 5.11 Å². The van der Waals surface area contributed by atoms with Gasteiger partial charge in [-0.05, 0) is 31.2 Å². The van der Waals surface area contributed by atoms with Crippen LogP contribution in [0.1, 0.15) is 17.3 Å². The summed E-state index contributed by atoms with van der Waals surface area (Å²) in [6.45, 7) is 4.86. The van der Waals surface area contributed by atoms with Crippen LogP contribution in [0.4, 0.5) is 0 Å². The third-order valence-electron chi connectivity index (χ3n) is 1.66. The molecule has 0 aliphatic carbocycles. The first-order valence-electron chi connectivity index (χ1n) is 4.38. The number of hydrogen-bond donors (Lipinski definition) is 1. The smallest absolute Gasteiger partial charge is 0.381 e. The summed E-state index contributed by atoms with van der Waals surface area (Å²) < 4.78 is 0. The van der Waals surface area contributed by atoms with E-state index in [0.717, 1.165) is 0 Å². The molecule has 84 valence electrons. The van der Waals surface area contributed by atoms with Gasteiger partial charge in [0.05, 0.1) is 5.56 Å². The van der Waals surface area contributed by atoms with Crippen molar-refractivity contribution in [2.45, 2.75) is 6.92 Å². The van der Waals surface area contributed by atoms with E-state index >= 15 is 0 Å². The van der Waals surface area contributed by atoms with Crippen molar-refractivity contribution in [3.63, 3.8) is 0 Å². The first kappa shape index (κ1) is 11.8. The zero-order chi connectivity index (χ0) is 12.1. The van der Waals surface area contributed by atoms with Gasteiger partial charge in [-0.25, -0.2) is 14.5 Å². The lowest BCUT2D eigenvalue weighted by atomic mass is 10.2. The summed E-state index contributed by atoms with van der Waals surface area (Å²) in [5, 5.41) is 8.63. The van der Waals surface area contributed by atoms with E-state index in [0.29, 0.717) is 0 Å². The van der Waals surface area contributed by atoms with Crippen molar-refractivity contribution >= 4 is 11.9 Å². The zero-order valence-electron chi connectivity index (χ0n) is 8.60. The minimum Gasteiger partial charge on any atom is -0.478 e. The van der Waals surface area contributed by atoms with E-state index in [1.54, 1.807) is 0 Å². The van der Waals surface area contributed by atoms with E-state index in [-0.39, 0.29) is 16.9 Å². The molecule has 0 bridgehead atoms. The monoisotopic (exact) mass is 222 g/mol. The molecule has 5 heteroatoms. The van der Waals surface area contributed by atoms with Gasteiger partial charge in [-0.2, -0.15) is 0 Å². The third kappa shape index (κ3) is 3.13. The van der Waals surface area contributed by atoms with Crippen molar-refractivity contribution in [2.75, 3.05) is 0 Å². The molecule has 0 unspecified atom stereocenters. The molecule has 1 N–H and O–H groups in total. The van der Waals surface area contributed by atoms with E-state index in [1.807, 2.05) is 0 Å². The maximum atomic E-state index is 11.0. The average Bonchev–Trinajstić information content (AvgIpc) is 2.26. The number of rotatable bonds is 4. The van der Waals surface area contributed by atoms with Gasteiger partial charge in [-0.15, -0.1) is 0 Å². The summed E-state index contributed by atoms with van der Waals surface area (Å²) >= 11 is 0. The Hall–Kier alpha value is -2.30. The second kappa shape index (κ2) is 4.97. The van der Waals surface area contributed by atoms with Crippen molar-refractivity contribution in [2.24, 2.45) is 0 Å². The Morgan fingerprint density at radius 3 is 2.25 bits per heavy atom. The highest BCUT2D eigenvalue weighted by atomic mass is 17.2. The summed E-state index contributed by atoms with van der Waals surface area (Å²) in [7, 11) is 0. The Labute approximate surface area is 91.8 Å². The summed E-state index contributed by atoms with van der Waals surface area (Å²) in [5.41, 5.74) is 0.334. The molecule has 5 nitrogen and oxygen atoms in total. The van der Waals surface area contributed by atoms with E-state index in [2.05, 4.69) is 16.4 Å². The van der Waals surface area contributed by atoms with E-state index in [9.17, 15) is 9.59 Å². The lowest BCUT2D eigenvalue weighted by Gasteiger charge is -2.03. The number of carbonyl (C=O) groups excluding carboxylic acids is 1. The first-order chi connectivity index (χ1) is 7.50. The Bertz CT molecular complexity index is 419. The van der Waals surface area contributed by atoms with Gasteiger partial charge in [0, 0.05) is 5.57 Å². The summed E-state index contributed by atoms with van der Waals surface area (Å²) in [6, 6.07) is 5.45. The quantitative estimate of drug-likeness (QED) is 0.477. The molecule has 1 rings (SSSR count). The lowest BCUT2D eigenvalue weighted by molar-refractivity contribution is -0.208. The highest BCUT2D eigenvalue weighted by Gasteiger charge is 2.06. The topological polar surface area (TPSA) is 72.8 Å². The summed E-state index contributed by atoms with van der Waals surface area (Å²) in [6.07, 6.45) is 0. The third-order valence-corrected chi connectivity index (χ3v) is 1.66. The van der Waals surface area contributed by atoms with Gasteiger partial charge in [-0.3, -0.25) is 4.89 Å². The van der Waals surface area contributed by atoms with Gasteiger partial charge in [-0.1, -0.05) is 6.58 Å². The minimum atomic E-state index is -1.04. The molecule has 0 heterocycles. The number of carbonyl (C=O) groups is 2. The molecule has 0 spiro atoms. The second-order valence-corrected chi connectivity index (χ2v) is 3.06. The van der Waals surface area contributed by atoms with Gasteiger partial charge in [0.2, 0.25) is 0 Å². The highest BCUT2D eigenvalue weighted by Crippen LogP contribution is 2.12. The maximum Gasteiger partial charge on any atom is 0.381 e. The Balaban J connectivity index is 2.59. The highest BCUT2D eigenvalue weighted by molar-refractivity contribution is 5.87. The summed E-state index contributed by atoms with van der Waals surface area (Å²) in [4.78, 5) is 30.5. The molecule has 0 aliphatic heterocycles. The molecule has 0 fully saturated rings. The van der Waals surface area contributed by atoms with Crippen LogP contribution in [0.5, 0.6) is 5.75 Å². The van der Waals surface area contributed by atoms with Crippen molar-refractivity contribution in [1.29, 1.82) is 0 Å². The molecule has 0 radical (unpaired) electrons. The van der Waals surface area contributed by atoms with Crippen molar-refractivity contribution in [3.05, 3.63) is 42.0 Å². The lowest BCUT2D eigenvalue weighted by Crippen LogP contribution is -2.08. The fourth-order valence-corrected chi connectivity index (χ4v) is 0.810. The molecular formula is C11H10O5. The van der Waals surface area contributed by atoms with Crippen molar-refractivity contribution in [1.82, 2.24) is 0 Å². The Morgan fingerprint density at radius 2 is 1.81 bits per heavy atom. The molecule has 0 saturated carbocycles. The van der Waals surface area contributed by atoms with Crippen LogP contribution in [0.2, 0.25) is 0 Å². The fraction of sp³-hybridized carbons (Fsp3) is 0.0909. The minimum absolute atomic E-state index is 0.124. The number of aromatic carboxylic acids is 1. The predicted molar refractivity (Wildman–Crippen MR) is 54.9 cm³/mol. The van der Waals surface area contributed by atoms with Gasteiger partial charge >= 0.3 is 11.9 Å². The van der Waals surface area contributed by atoms with Gasteiger partial charge in [0.1, 0.15) is 0 Å². The van der Waals surface area contributed by atoms with Crippen molar-refractivity contribution < 1.29 is 24.5 Å². The molecular weight excluding hydrogens is 212 g/mol. The summed E-state index contributed by atoms with van der Waals surface area (Å²) in [5.74, 6) is -1.48. The van der Waals surface area contributed by atoms with Crippen LogP contribution >= 0.6 is 0 Å². The fourth-order valence-electron chi connectivity index (χ4n) is 0.810. The molecule has 0 atom stereocenters. The predicted octanol–water partition coefficient (Wildman–Crippen LogP) is 1.80. The number of benzene rings is 1. The SMILES string of the molecule is C=C(C)C(=O)OOc1ccc(C(=O)O)cc1. The molecule has 1 aromatic rings. The van der Waals surface area contributed by atoms with Crippen LogP contribution in [0.25, 0.3) is 0 Å². The molecule has 0 aromatic heterocycles. The number of hydrogen-bond acceptors (Lipinski definition) is 4. The van der Waals surface area contributed by atoms with Crippen molar-refractivity contribution in [3.8, 4) is 5.75 Å². The van der Waals surface area contributed by atoms with Gasteiger partial charge in [0.15, 0.2) is 5.75 Å². The van der Waals surface area contributed by atoms with Crippen LogP contribution < -0.4 is 4.89 Å². The Kier molecular flexibility index (Phi) is 3.66. The number of carboxylic acid groups (broad SMARTS) is 1. The van der Waals surface area contributed by atoms with Gasteiger partial charge < -0.3 is 5.11 Å². The van der Waals surface area contributed by atoms with E-state index in [1.165, 1.54) is 31.2 Å². The molecule has 1 aromatic carbocycles. The molecule has 0 amide bonds. The standard InChI is InChI=1S/C11H10O5/c1-7(2)11(14)16-15-9-5-3-8(4-6-9)10(12)13/h3-6H,1H2,2H3,(H,12,13). The molecule has 16 heavy (non-hydrogen) atoms.